The number of aryl methyl sites for hydroxylation is 2. The maximum atomic E-state index is 12.5. The lowest BCUT2D eigenvalue weighted by Gasteiger charge is -2.20. The molecule has 0 amide bonds. The van der Waals surface area contributed by atoms with Gasteiger partial charge in [0.05, 0.1) is 5.69 Å². The summed E-state index contributed by atoms with van der Waals surface area (Å²) < 4.78 is 24.9. The van der Waals surface area contributed by atoms with E-state index in [1.807, 2.05) is 33.0 Å². The molecule has 30 heavy (non-hydrogen) atoms. The van der Waals surface area contributed by atoms with Crippen LogP contribution >= 0.6 is 0 Å². The minimum Gasteiger partial charge on any atom is -0.454 e. The number of carbonyl (C=O) groups is 1. The molecule has 0 aliphatic heterocycles. The molecule has 6 nitrogen and oxygen atoms in total. The second-order valence-corrected chi connectivity index (χ2v) is 8.05. The first-order chi connectivity index (χ1) is 14.1. The Kier molecular flexibility index (Phi) is 7.54. The second-order valence-electron chi connectivity index (χ2n) is 8.05. The summed E-state index contributed by atoms with van der Waals surface area (Å²) in [5.74, 6) is -0.524. The van der Waals surface area contributed by atoms with Crippen LogP contribution in [0.2, 0.25) is 0 Å². The first-order valence-electron chi connectivity index (χ1n) is 9.72. The highest BCUT2D eigenvalue weighted by Gasteiger charge is 2.21. The molecule has 7 heteroatoms. The van der Waals surface area contributed by atoms with Crippen LogP contribution < -0.4 is 0 Å². The molecule has 1 aromatic heterocycles. The zero-order chi connectivity index (χ0) is 22.5. The SMILES string of the molecule is C/N=C\C(=C(\OCOC(=O)CF)c1c(C)c(C)nn1C)c1ccc(C(C)(C)C)cc1. The number of hydrogen-bond acceptors (Lipinski definition) is 5. The van der Waals surface area contributed by atoms with Gasteiger partial charge in [0.1, 0.15) is 5.69 Å². The van der Waals surface area contributed by atoms with Crippen LogP contribution in [0, 0.1) is 13.8 Å². The zero-order valence-corrected chi connectivity index (χ0v) is 18.7. The van der Waals surface area contributed by atoms with Gasteiger partial charge < -0.3 is 9.47 Å². The Labute approximate surface area is 177 Å². The molecule has 1 heterocycles. The van der Waals surface area contributed by atoms with Crippen molar-refractivity contribution in [2.45, 2.75) is 40.0 Å². The fraction of sp³-hybridized carbons (Fsp3) is 0.435. The quantitative estimate of drug-likeness (QED) is 0.291. The van der Waals surface area contributed by atoms with Gasteiger partial charge in [0.2, 0.25) is 6.79 Å². The Hall–Kier alpha value is -2.96. The number of carbonyl (C=O) groups excluding carboxylic acids is 1. The number of hydrogen-bond donors (Lipinski definition) is 0. The van der Waals surface area contributed by atoms with E-state index in [0.717, 1.165) is 22.5 Å². The van der Waals surface area contributed by atoms with Gasteiger partial charge in [-0.15, -0.1) is 0 Å². The molecule has 0 aliphatic rings. The van der Waals surface area contributed by atoms with Crippen molar-refractivity contribution in [3.8, 4) is 0 Å². The highest BCUT2D eigenvalue weighted by Crippen LogP contribution is 2.31. The maximum Gasteiger partial charge on any atom is 0.340 e. The maximum absolute atomic E-state index is 12.5. The van der Waals surface area contributed by atoms with Crippen molar-refractivity contribution in [2.24, 2.45) is 12.0 Å². The standard InChI is InChI=1S/C23H30FN3O3/c1-15-16(2)26-27(7)21(15)22(30-14-29-20(28)12-24)19(13-25-6)17-8-10-18(11-9-17)23(3,4)5/h8-11,13H,12,14H2,1-7H3/b22-19-,25-13-. The van der Waals surface area contributed by atoms with Crippen molar-refractivity contribution in [3.63, 3.8) is 0 Å². The minimum atomic E-state index is -1.20. The number of benzene rings is 1. The third-order valence-corrected chi connectivity index (χ3v) is 4.83. The van der Waals surface area contributed by atoms with Crippen molar-refractivity contribution >= 4 is 23.5 Å². The predicted molar refractivity (Wildman–Crippen MR) is 117 cm³/mol. The van der Waals surface area contributed by atoms with Crippen LogP contribution in [0.15, 0.2) is 29.3 Å². The van der Waals surface area contributed by atoms with Crippen molar-refractivity contribution in [1.29, 1.82) is 0 Å². The van der Waals surface area contributed by atoms with Gasteiger partial charge in [0, 0.05) is 31.4 Å². The van der Waals surface area contributed by atoms with Crippen molar-refractivity contribution in [1.82, 2.24) is 9.78 Å². The predicted octanol–water partition coefficient (Wildman–Crippen LogP) is 4.39. The Balaban J connectivity index is 2.63. The molecule has 0 fully saturated rings. The third-order valence-electron chi connectivity index (χ3n) is 4.83. The lowest BCUT2D eigenvalue weighted by molar-refractivity contribution is -0.152. The van der Waals surface area contributed by atoms with Gasteiger partial charge in [-0.1, -0.05) is 45.0 Å². The van der Waals surface area contributed by atoms with Gasteiger partial charge in [-0.25, -0.2) is 9.18 Å². The van der Waals surface area contributed by atoms with Crippen LogP contribution in [-0.4, -0.2) is 42.5 Å². The summed E-state index contributed by atoms with van der Waals surface area (Å²) in [4.78, 5) is 15.4. The smallest absolute Gasteiger partial charge is 0.340 e. The number of alkyl halides is 1. The molecule has 0 N–H and O–H groups in total. The minimum absolute atomic E-state index is 0.0247. The summed E-state index contributed by atoms with van der Waals surface area (Å²) in [7, 11) is 3.49. The summed E-state index contributed by atoms with van der Waals surface area (Å²) in [6, 6.07) is 8.15. The first-order valence-corrected chi connectivity index (χ1v) is 9.72. The fourth-order valence-electron chi connectivity index (χ4n) is 3.09. The molecule has 0 unspecified atom stereocenters. The molecule has 0 saturated heterocycles. The largest absolute Gasteiger partial charge is 0.454 e. The van der Waals surface area contributed by atoms with Gasteiger partial charge in [-0.2, -0.15) is 5.10 Å². The summed E-state index contributed by atoms with van der Waals surface area (Å²) in [6.45, 7) is 8.70. The third kappa shape index (κ3) is 5.34. The topological polar surface area (TPSA) is 65.7 Å². The van der Waals surface area contributed by atoms with Crippen molar-refractivity contribution in [2.75, 3.05) is 20.5 Å². The lowest BCUT2D eigenvalue weighted by atomic mass is 9.86. The highest BCUT2D eigenvalue weighted by molar-refractivity contribution is 6.18. The summed E-state index contributed by atoms with van der Waals surface area (Å²) in [5, 5.41) is 4.46. The van der Waals surface area contributed by atoms with Crippen LogP contribution in [0.25, 0.3) is 11.3 Å². The molecule has 1 aromatic carbocycles. The molecule has 0 aliphatic carbocycles. The zero-order valence-electron chi connectivity index (χ0n) is 18.7. The average molecular weight is 416 g/mol. The van der Waals surface area contributed by atoms with Gasteiger partial charge in [0.25, 0.3) is 0 Å². The molecule has 0 radical (unpaired) electrons. The molecule has 0 saturated carbocycles. The number of allylic oxidation sites excluding steroid dienone is 1. The van der Waals surface area contributed by atoms with Gasteiger partial charge in [0.15, 0.2) is 12.4 Å². The van der Waals surface area contributed by atoms with E-state index in [1.54, 1.807) is 17.9 Å². The Bertz CT molecular complexity index is 951. The summed E-state index contributed by atoms with van der Waals surface area (Å²) in [6.07, 6.45) is 1.69. The van der Waals surface area contributed by atoms with E-state index in [4.69, 9.17) is 9.47 Å². The number of aliphatic imine (C=N–C) groups is 1. The Morgan fingerprint density at radius 1 is 1.20 bits per heavy atom. The van der Waals surface area contributed by atoms with Crippen LogP contribution in [0.5, 0.6) is 0 Å². The van der Waals surface area contributed by atoms with E-state index in [1.165, 1.54) is 5.56 Å². The Morgan fingerprint density at radius 3 is 2.30 bits per heavy atom. The molecule has 0 bridgehead atoms. The van der Waals surface area contributed by atoms with Crippen LogP contribution in [0.3, 0.4) is 0 Å². The van der Waals surface area contributed by atoms with Crippen LogP contribution in [0.4, 0.5) is 4.39 Å². The molecule has 2 rings (SSSR count). The van der Waals surface area contributed by atoms with Crippen LogP contribution in [-0.2, 0) is 26.7 Å². The number of halogens is 1. The number of esters is 1. The first kappa shape index (κ1) is 23.3. The highest BCUT2D eigenvalue weighted by atomic mass is 19.1. The Morgan fingerprint density at radius 2 is 1.83 bits per heavy atom. The molecule has 0 atom stereocenters. The van der Waals surface area contributed by atoms with Crippen molar-refractivity contribution < 1.29 is 18.7 Å². The normalized spacial score (nSPS) is 12.8. The van der Waals surface area contributed by atoms with E-state index >= 15 is 0 Å². The van der Waals surface area contributed by atoms with E-state index in [-0.39, 0.29) is 5.41 Å². The van der Waals surface area contributed by atoms with Crippen LogP contribution in [0.1, 0.15) is 48.8 Å². The summed E-state index contributed by atoms with van der Waals surface area (Å²) in [5.41, 5.74) is 5.34. The van der Waals surface area contributed by atoms with E-state index in [2.05, 4.69) is 43.0 Å². The molecule has 0 spiro atoms. The van der Waals surface area contributed by atoms with E-state index in [9.17, 15) is 9.18 Å². The van der Waals surface area contributed by atoms with E-state index in [0.29, 0.717) is 11.3 Å². The molecular formula is C23H30FN3O3. The van der Waals surface area contributed by atoms with E-state index < -0.39 is 19.4 Å². The number of rotatable bonds is 7. The monoisotopic (exact) mass is 415 g/mol. The van der Waals surface area contributed by atoms with Gasteiger partial charge in [-0.3, -0.25) is 9.67 Å². The lowest BCUT2D eigenvalue weighted by Crippen LogP contribution is -2.13. The fourth-order valence-corrected chi connectivity index (χ4v) is 3.09. The molecule has 162 valence electrons. The number of ether oxygens (including phenoxy) is 2. The summed E-state index contributed by atoms with van der Waals surface area (Å²) >= 11 is 0. The van der Waals surface area contributed by atoms with Crippen molar-refractivity contribution in [3.05, 3.63) is 52.3 Å². The molecule has 2 aromatic rings. The number of nitrogens with zero attached hydrogens (tertiary/aromatic N) is 3. The van der Waals surface area contributed by atoms with Gasteiger partial charge >= 0.3 is 5.97 Å². The number of aromatic nitrogens is 2. The van der Waals surface area contributed by atoms with Gasteiger partial charge in [-0.05, 0) is 30.4 Å². The molecular weight excluding hydrogens is 385 g/mol. The second kappa shape index (κ2) is 9.69. The average Bonchev–Trinajstić information content (AvgIpc) is 2.95.